The van der Waals surface area contributed by atoms with Crippen molar-refractivity contribution < 1.29 is 9.53 Å². The van der Waals surface area contributed by atoms with E-state index in [2.05, 4.69) is 10.2 Å². The average Bonchev–Trinajstić information content (AvgIpc) is 2.62. The van der Waals surface area contributed by atoms with Crippen LogP contribution in [-0.2, 0) is 9.53 Å². The molecule has 1 saturated carbocycles. The molecule has 7 heteroatoms. The summed E-state index contributed by atoms with van der Waals surface area (Å²) in [4.78, 5) is 15.3. The van der Waals surface area contributed by atoms with Crippen LogP contribution in [0.15, 0.2) is 0 Å². The summed E-state index contributed by atoms with van der Waals surface area (Å²) in [6.45, 7) is 4.65. The number of amides is 1. The quantitative estimate of drug-likeness (QED) is 0.767. The number of piperidine rings is 1. The Morgan fingerprint density at radius 3 is 2.08 bits per heavy atom. The van der Waals surface area contributed by atoms with Crippen LogP contribution < -0.4 is 11.1 Å². The van der Waals surface area contributed by atoms with E-state index in [9.17, 15) is 4.79 Å². The van der Waals surface area contributed by atoms with Crippen LogP contribution in [0.3, 0.4) is 0 Å². The Labute approximate surface area is 164 Å². The number of carbonyl (C=O) groups excluding carboxylic acids is 1. The minimum atomic E-state index is -0.632. The summed E-state index contributed by atoms with van der Waals surface area (Å²) in [5.74, 6) is 0.0695. The van der Waals surface area contributed by atoms with Crippen molar-refractivity contribution in [1.29, 1.82) is 0 Å². The van der Waals surface area contributed by atoms with E-state index in [0.717, 1.165) is 71.4 Å². The zero-order valence-electron chi connectivity index (χ0n) is 15.3. The van der Waals surface area contributed by atoms with Gasteiger partial charge in [-0.3, -0.25) is 9.69 Å². The molecule has 148 valence electrons. The number of nitrogens with two attached hydrogens (primary N) is 1. The molecule has 1 aliphatic carbocycles. The van der Waals surface area contributed by atoms with Crippen molar-refractivity contribution in [2.24, 2.45) is 5.73 Å². The molecule has 3 rings (SSSR count). The fourth-order valence-electron chi connectivity index (χ4n) is 4.55. The number of carbonyl (C=O) groups is 1. The second-order valence-corrected chi connectivity index (χ2v) is 7.78. The fraction of sp³-hybridized carbons (Fsp3) is 0.944. The van der Waals surface area contributed by atoms with Crippen molar-refractivity contribution in [1.82, 2.24) is 10.2 Å². The van der Waals surface area contributed by atoms with Gasteiger partial charge in [0.25, 0.3) is 0 Å². The van der Waals surface area contributed by atoms with Crippen LogP contribution >= 0.6 is 24.8 Å². The van der Waals surface area contributed by atoms with Crippen molar-refractivity contribution in [2.75, 3.05) is 32.8 Å². The van der Waals surface area contributed by atoms with Gasteiger partial charge in [-0.25, -0.2) is 0 Å². The molecule has 3 aliphatic rings. The molecule has 0 aromatic carbocycles. The van der Waals surface area contributed by atoms with Crippen molar-refractivity contribution >= 4 is 30.7 Å². The first kappa shape index (κ1) is 23.0. The van der Waals surface area contributed by atoms with Crippen LogP contribution in [0.2, 0.25) is 0 Å². The Kier molecular flexibility index (Phi) is 9.47. The van der Waals surface area contributed by atoms with Gasteiger partial charge < -0.3 is 15.8 Å². The van der Waals surface area contributed by atoms with Gasteiger partial charge in [0.2, 0.25) is 5.91 Å². The molecule has 0 radical (unpaired) electrons. The van der Waals surface area contributed by atoms with Gasteiger partial charge in [-0.05, 0) is 51.6 Å². The molecule has 3 fully saturated rings. The predicted molar refractivity (Wildman–Crippen MR) is 106 cm³/mol. The Hall–Kier alpha value is -0.0700. The highest BCUT2D eigenvalue weighted by atomic mass is 35.5. The van der Waals surface area contributed by atoms with Crippen molar-refractivity contribution in [3.8, 4) is 0 Å². The highest BCUT2D eigenvalue weighted by molar-refractivity contribution is 5.86. The first-order valence-electron chi connectivity index (χ1n) is 9.55. The number of halogens is 2. The summed E-state index contributed by atoms with van der Waals surface area (Å²) in [5, 5.41) is 3.24. The van der Waals surface area contributed by atoms with Gasteiger partial charge >= 0.3 is 0 Å². The first-order valence-corrected chi connectivity index (χ1v) is 9.55. The lowest BCUT2D eigenvalue weighted by Gasteiger charge is -2.48. The molecule has 0 aromatic heterocycles. The van der Waals surface area contributed by atoms with Crippen LogP contribution in [0.25, 0.3) is 0 Å². The number of hydrogen-bond donors (Lipinski definition) is 2. The van der Waals surface area contributed by atoms with E-state index in [1.807, 2.05) is 0 Å². The minimum Gasteiger partial charge on any atom is -0.381 e. The Morgan fingerprint density at radius 2 is 1.48 bits per heavy atom. The monoisotopic (exact) mass is 395 g/mol. The largest absolute Gasteiger partial charge is 0.381 e. The van der Waals surface area contributed by atoms with Gasteiger partial charge in [-0.15, -0.1) is 24.8 Å². The van der Waals surface area contributed by atoms with E-state index in [1.54, 1.807) is 0 Å². The lowest BCUT2D eigenvalue weighted by atomic mass is 9.81. The van der Waals surface area contributed by atoms with Gasteiger partial charge in [0.1, 0.15) is 0 Å². The third kappa shape index (κ3) is 5.46. The summed E-state index contributed by atoms with van der Waals surface area (Å²) >= 11 is 0. The van der Waals surface area contributed by atoms with Gasteiger partial charge in [-0.1, -0.05) is 25.7 Å². The van der Waals surface area contributed by atoms with Gasteiger partial charge in [0, 0.05) is 25.3 Å². The Balaban J connectivity index is 0.00000156. The van der Waals surface area contributed by atoms with E-state index in [-0.39, 0.29) is 36.3 Å². The molecule has 0 bridgehead atoms. The highest BCUT2D eigenvalue weighted by Gasteiger charge is 2.41. The second kappa shape index (κ2) is 10.3. The fourth-order valence-corrected chi connectivity index (χ4v) is 4.55. The van der Waals surface area contributed by atoms with Gasteiger partial charge in [0.15, 0.2) is 0 Å². The maximum absolute atomic E-state index is 12.7. The standard InChI is InChI=1S/C18H33N3O2.2ClH/c19-18(7-3-1-4-8-18)16(22)20-15-17(9-13-23-14-10-17)21-11-5-2-6-12-21;;/h1-15,19H2,(H,20,22);2*1H. The molecular weight excluding hydrogens is 361 g/mol. The minimum absolute atomic E-state index is 0. The smallest absolute Gasteiger partial charge is 0.240 e. The summed E-state index contributed by atoms with van der Waals surface area (Å²) in [6, 6.07) is 0. The van der Waals surface area contributed by atoms with E-state index in [4.69, 9.17) is 10.5 Å². The van der Waals surface area contributed by atoms with Crippen LogP contribution in [0.1, 0.15) is 64.2 Å². The lowest BCUT2D eigenvalue weighted by Crippen LogP contribution is -2.63. The topological polar surface area (TPSA) is 67.6 Å². The van der Waals surface area contributed by atoms with E-state index >= 15 is 0 Å². The van der Waals surface area contributed by atoms with Crippen LogP contribution in [0.5, 0.6) is 0 Å². The number of likely N-dealkylation sites (tertiary alicyclic amines) is 1. The maximum atomic E-state index is 12.7. The first-order chi connectivity index (χ1) is 11.1. The molecule has 0 atom stereocenters. The molecule has 2 heterocycles. The molecule has 5 nitrogen and oxygen atoms in total. The molecule has 2 saturated heterocycles. The summed E-state index contributed by atoms with van der Waals surface area (Å²) in [7, 11) is 0. The number of hydrogen-bond acceptors (Lipinski definition) is 4. The van der Waals surface area contributed by atoms with E-state index < -0.39 is 5.54 Å². The zero-order valence-corrected chi connectivity index (χ0v) is 16.9. The van der Waals surface area contributed by atoms with Crippen molar-refractivity contribution in [3.63, 3.8) is 0 Å². The number of ether oxygens (including phenoxy) is 1. The van der Waals surface area contributed by atoms with Crippen LogP contribution in [0.4, 0.5) is 0 Å². The predicted octanol–water partition coefficient (Wildman–Crippen LogP) is 2.64. The van der Waals surface area contributed by atoms with Gasteiger partial charge in [0.05, 0.1) is 5.54 Å². The molecule has 1 amide bonds. The van der Waals surface area contributed by atoms with Gasteiger partial charge in [-0.2, -0.15) is 0 Å². The lowest BCUT2D eigenvalue weighted by molar-refractivity contribution is -0.129. The molecule has 0 spiro atoms. The molecule has 0 aromatic rings. The number of nitrogens with one attached hydrogen (secondary N) is 1. The van der Waals surface area contributed by atoms with E-state index in [1.165, 1.54) is 25.7 Å². The normalized spacial score (nSPS) is 26.0. The third-order valence-electron chi connectivity index (χ3n) is 6.23. The molecular formula is C18H35Cl2N3O2. The highest BCUT2D eigenvalue weighted by Crippen LogP contribution is 2.31. The van der Waals surface area contributed by atoms with Crippen molar-refractivity contribution in [2.45, 2.75) is 75.3 Å². The third-order valence-corrected chi connectivity index (χ3v) is 6.23. The number of nitrogens with zero attached hydrogens (tertiary/aromatic N) is 1. The zero-order chi connectivity index (χ0) is 16.2. The number of rotatable bonds is 4. The molecule has 3 N–H and O–H groups in total. The SMILES string of the molecule is Cl.Cl.NC1(C(=O)NCC2(N3CCCCC3)CCOCC2)CCCCC1. The molecule has 25 heavy (non-hydrogen) atoms. The Bertz CT molecular complexity index is 405. The average molecular weight is 396 g/mol. The summed E-state index contributed by atoms with van der Waals surface area (Å²) in [5.41, 5.74) is 5.84. The van der Waals surface area contributed by atoms with E-state index in [0.29, 0.717) is 0 Å². The molecule has 2 aliphatic heterocycles. The molecule has 0 unspecified atom stereocenters. The van der Waals surface area contributed by atoms with Crippen LogP contribution in [-0.4, -0.2) is 54.7 Å². The second-order valence-electron chi connectivity index (χ2n) is 7.78. The van der Waals surface area contributed by atoms with Crippen LogP contribution in [0, 0.1) is 0 Å². The summed E-state index contributed by atoms with van der Waals surface area (Å²) < 4.78 is 5.59. The van der Waals surface area contributed by atoms with Crippen molar-refractivity contribution in [3.05, 3.63) is 0 Å². The maximum Gasteiger partial charge on any atom is 0.240 e. The summed E-state index contributed by atoms with van der Waals surface area (Å²) in [6.07, 6.45) is 11.0. The Morgan fingerprint density at radius 1 is 0.920 bits per heavy atom.